The van der Waals surface area contributed by atoms with Crippen LogP contribution in [0.5, 0.6) is 28.7 Å². The fourth-order valence-corrected chi connectivity index (χ4v) is 4.98. The lowest BCUT2D eigenvalue weighted by Gasteiger charge is -2.45. The SMILES string of the molecule is O=c1c(O[C@H]2O[C@@H](CO)[C@H](O)[C@@H](O)[C@@H]2O[C@H]2O[C@@H](CO)[C@H](O)[C@@H](O)[C@@H]2O)c(-c2ccc(O)c(O)c2)oc2cc(O)cc(O)c12. The van der Waals surface area contributed by atoms with Crippen LogP contribution in [0.2, 0.25) is 0 Å². The van der Waals surface area contributed by atoms with Crippen LogP contribution in [-0.2, 0) is 14.2 Å². The first-order chi connectivity index (χ1) is 20.9. The molecule has 0 amide bonds. The van der Waals surface area contributed by atoms with Gasteiger partial charge >= 0.3 is 0 Å². The molecule has 3 heterocycles. The van der Waals surface area contributed by atoms with Gasteiger partial charge in [-0.15, -0.1) is 0 Å². The number of aliphatic hydroxyl groups is 7. The van der Waals surface area contributed by atoms with Crippen LogP contribution in [0.3, 0.4) is 0 Å². The molecule has 17 heteroatoms. The van der Waals surface area contributed by atoms with Gasteiger partial charge in [-0.3, -0.25) is 4.79 Å². The van der Waals surface area contributed by atoms with E-state index in [0.29, 0.717) is 0 Å². The maximum absolute atomic E-state index is 13.7. The molecule has 0 unspecified atom stereocenters. The zero-order valence-electron chi connectivity index (χ0n) is 22.4. The summed E-state index contributed by atoms with van der Waals surface area (Å²) >= 11 is 0. The second kappa shape index (κ2) is 12.3. The lowest BCUT2D eigenvalue weighted by molar-refractivity contribution is -0.358. The van der Waals surface area contributed by atoms with Crippen molar-refractivity contribution in [3.8, 4) is 40.1 Å². The molecule has 10 atom stereocenters. The van der Waals surface area contributed by atoms with E-state index in [2.05, 4.69) is 0 Å². The van der Waals surface area contributed by atoms with Crippen LogP contribution in [0.1, 0.15) is 0 Å². The van der Waals surface area contributed by atoms with E-state index in [9.17, 15) is 61.0 Å². The number of hydrogen-bond acceptors (Lipinski definition) is 17. The number of fused-ring (bicyclic) bond motifs is 1. The van der Waals surface area contributed by atoms with E-state index in [1.165, 1.54) is 6.07 Å². The van der Waals surface area contributed by atoms with Crippen molar-refractivity contribution in [1.29, 1.82) is 0 Å². The number of phenols is 4. The summed E-state index contributed by atoms with van der Waals surface area (Å²) in [5.74, 6) is -3.54. The minimum Gasteiger partial charge on any atom is -0.508 e. The molecule has 1 aromatic heterocycles. The summed E-state index contributed by atoms with van der Waals surface area (Å²) in [7, 11) is 0. The molecule has 0 bridgehead atoms. The molecular weight excluding hydrogens is 596 g/mol. The van der Waals surface area contributed by atoms with E-state index >= 15 is 0 Å². The summed E-state index contributed by atoms with van der Waals surface area (Å²) < 4.78 is 28.1. The minimum atomic E-state index is -1.97. The van der Waals surface area contributed by atoms with Gasteiger partial charge < -0.3 is 79.5 Å². The molecule has 2 aliphatic rings. The Labute approximate surface area is 246 Å². The highest BCUT2D eigenvalue weighted by atomic mass is 16.8. The molecule has 11 N–H and O–H groups in total. The maximum Gasteiger partial charge on any atom is 0.239 e. The third kappa shape index (κ3) is 5.61. The Balaban J connectivity index is 1.61. The molecule has 0 saturated carbocycles. The fraction of sp³-hybridized carbons (Fsp3) is 0.444. The smallest absolute Gasteiger partial charge is 0.239 e. The van der Waals surface area contributed by atoms with Gasteiger partial charge in [-0.25, -0.2) is 0 Å². The Morgan fingerprint density at radius 1 is 0.705 bits per heavy atom. The van der Waals surface area contributed by atoms with E-state index < -0.39 is 120 Å². The van der Waals surface area contributed by atoms with Gasteiger partial charge in [0.25, 0.3) is 0 Å². The third-order valence-corrected chi connectivity index (χ3v) is 7.35. The predicted molar refractivity (Wildman–Crippen MR) is 142 cm³/mol. The van der Waals surface area contributed by atoms with Crippen molar-refractivity contribution in [1.82, 2.24) is 0 Å². The van der Waals surface area contributed by atoms with Crippen molar-refractivity contribution in [2.24, 2.45) is 0 Å². The molecule has 0 aliphatic carbocycles. The maximum atomic E-state index is 13.7. The van der Waals surface area contributed by atoms with Gasteiger partial charge in [-0.1, -0.05) is 0 Å². The normalized spacial score (nSPS) is 32.5. The van der Waals surface area contributed by atoms with Crippen molar-refractivity contribution < 1.29 is 79.5 Å². The van der Waals surface area contributed by atoms with E-state index in [4.69, 9.17) is 23.4 Å². The molecule has 0 spiro atoms. The summed E-state index contributed by atoms with van der Waals surface area (Å²) in [6, 6.07) is 5.12. The summed E-state index contributed by atoms with van der Waals surface area (Å²) in [5.41, 5.74) is -1.47. The van der Waals surface area contributed by atoms with Crippen LogP contribution in [0.4, 0.5) is 0 Å². The van der Waals surface area contributed by atoms with Crippen molar-refractivity contribution in [3.63, 3.8) is 0 Å². The zero-order chi connectivity index (χ0) is 32.0. The second-order valence-electron chi connectivity index (χ2n) is 10.3. The molecule has 0 radical (unpaired) electrons. The predicted octanol–water partition coefficient (Wildman–Crippen LogP) is -2.71. The van der Waals surface area contributed by atoms with Gasteiger partial charge in [0.1, 0.15) is 65.2 Å². The standard InChI is InChI=1S/C27H30O17/c28-6-14-17(34)20(37)22(39)26(41-14)44-25-21(38)18(35)15(7-29)42-27(25)43-24-19(36)16-12(33)4-9(30)5-13(16)40-23(24)8-1-2-10(31)11(32)3-8/h1-5,14-15,17-18,20-22,25-35,37-39H,6-7H2/t14-,15-,17-,18-,20+,21+,22-,25-,26+,27+/m0/s1. The molecule has 240 valence electrons. The highest BCUT2D eigenvalue weighted by molar-refractivity contribution is 5.88. The Kier molecular flexibility index (Phi) is 8.87. The summed E-state index contributed by atoms with van der Waals surface area (Å²) in [6.45, 7) is -1.68. The van der Waals surface area contributed by atoms with Gasteiger partial charge in [-0.05, 0) is 18.2 Å². The minimum absolute atomic E-state index is 0.0707. The van der Waals surface area contributed by atoms with E-state index in [-0.39, 0.29) is 11.1 Å². The Morgan fingerprint density at radius 2 is 1.34 bits per heavy atom. The monoisotopic (exact) mass is 626 g/mol. The van der Waals surface area contributed by atoms with Crippen LogP contribution < -0.4 is 10.2 Å². The average Bonchev–Trinajstić information content (AvgIpc) is 2.98. The van der Waals surface area contributed by atoms with Crippen LogP contribution in [0.15, 0.2) is 39.5 Å². The van der Waals surface area contributed by atoms with Crippen LogP contribution >= 0.6 is 0 Å². The van der Waals surface area contributed by atoms with Gasteiger partial charge in [-0.2, -0.15) is 0 Å². The number of aliphatic hydroxyl groups excluding tert-OH is 7. The van der Waals surface area contributed by atoms with Crippen molar-refractivity contribution in [2.45, 2.75) is 61.4 Å². The Morgan fingerprint density at radius 3 is 1.98 bits per heavy atom. The largest absolute Gasteiger partial charge is 0.508 e. The number of hydrogen-bond donors (Lipinski definition) is 11. The van der Waals surface area contributed by atoms with E-state index in [1.54, 1.807) is 0 Å². The quantitative estimate of drug-likeness (QED) is 0.119. The number of rotatable bonds is 7. The van der Waals surface area contributed by atoms with Gasteiger partial charge in [0.15, 0.2) is 29.7 Å². The van der Waals surface area contributed by atoms with Crippen LogP contribution in [0, 0.1) is 0 Å². The molecule has 44 heavy (non-hydrogen) atoms. The lowest BCUT2D eigenvalue weighted by Crippen LogP contribution is -2.65. The highest BCUT2D eigenvalue weighted by Gasteiger charge is 2.51. The first-order valence-electron chi connectivity index (χ1n) is 13.2. The van der Waals surface area contributed by atoms with E-state index in [0.717, 1.165) is 24.3 Å². The number of aromatic hydroxyl groups is 4. The molecule has 2 saturated heterocycles. The highest BCUT2D eigenvalue weighted by Crippen LogP contribution is 2.40. The summed E-state index contributed by atoms with van der Waals surface area (Å²) in [6.07, 6.45) is -18.0. The van der Waals surface area contributed by atoms with E-state index in [1.807, 2.05) is 0 Å². The van der Waals surface area contributed by atoms with Gasteiger partial charge in [0.05, 0.1) is 13.2 Å². The van der Waals surface area contributed by atoms with Crippen LogP contribution in [0.25, 0.3) is 22.3 Å². The van der Waals surface area contributed by atoms with Crippen molar-refractivity contribution in [2.75, 3.05) is 13.2 Å². The topological polar surface area (TPSA) is 290 Å². The number of ether oxygens (including phenoxy) is 4. The van der Waals surface area contributed by atoms with Crippen molar-refractivity contribution in [3.05, 3.63) is 40.6 Å². The first-order valence-corrected chi connectivity index (χ1v) is 13.2. The molecule has 2 fully saturated rings. The number of benzene rings is 2. The van der Waals surface area contributed by atoms with Gasteiger partial charge in [0.2, 0.25) is 17.5 Å². The van der Waals surface area contributed by atoms with Crippen molar-refractivity contribution >= 4 is 11.0 Å². The summed E-state index contributed by atoms with van der Waals surface area (Å²) in [5, 5.41) is 111. The zero-order valence-corrected chi connectivity index (χ0v) is 22.4. The lowest BCUT2D eigenvalue weighted by atomic mass is 9.97. The van der Waals surface area contributed by atoms with Crippen LogP contribution in [-0.4, -0.2) is 131 Å². The third-order valence-electron chi connectivity index (χ3n) is 7.35. The number of phenolic OH excluding ortho intramolecular Hbond substituents is 4. The molecule has 5 rings (SSSR count). The Hall–Kier alpha value is -3.75. The molecule has 2 aliphatic heterocycles. The fourth-order valence-electron chi connectivity index (χ4n) is 4.98. The molecular formula is C27H30O17. The molecule has 3 aromatic rings. The summed E-state index contributed by atoms with van der Waals surface area (Å²) in [4.78, 5) is 13.7. The first kappa shape index (κ1) is 31.7. The molecule has 2 aromatic carbocycles. The Bertz CT molecular complexity index is 1560. The average molecular weight is 627 g/mol. The second-order valence-corrected chi connectivity index (χ2v) is 10.3. The van der Waals surface area contributed by atoms with Gasteiger partial charge in [0, 0.05) is 17.7 Å². The molecule has 17 nitrogen and oxygen atoms in total.